The molecule has 1 saturated carbocycles. The first-order chi connectivity index (χ1) is 9.41. The first-order valence-corrected chi connectivity index (χ1v) is 7.47. The molecule has 0 unspecified atom stereocenters. The third-order valence-electron chi connectivity index (χ3n) is 4.80. The van der Waals surface area contributed by atoms with E-state index in [0.717, 1.165) is 12.8 Å². The fourth-order valence-corrected chi connectivity index (χ4v) is 3.31. The summed E-state index contributed by atoms with van der Waals surface area (Å²) in [7, 11) is 0. The second-order valence-corrected chi connectivity index (χ2v) is 6.09. The van der Waals surface area contributed by atoms with E-state index in [1.54, 1.807) is 0 Å². The van der Waals surface area contributed by atoms with Gasteiger partial charge in [-0.15, -0.1) is 0 Å². The van der Waals surface area contributed by atoms with E-state index in [0.29, 0.717) is 38.4 Å². The molecule has 2 N–H and O–H groups in total. The minimum Gasteiger partial charge on any atom is -0.342 e. The molecule has 2 rings (SSSR count). The first-order valence-electron chi connectivity index (χ1n) is 7.47. The SMILES string of the molecule is NCC1CCN(C(=O)C2CCC(C(F)(F)F)CC2)CC1. The smallest absolute Gasteiger partial charge is 0.342 e. The van der Waals surface area contributed by atoms with Gasteiger partial charge in [0.15, 0.2) is 0 Å². The summed E-state index contributed by atoms with van der Waals surface area (Å²) in [5.41, 5.74) is 5.61. The summed E-state index contributed by atoms with van der Waals surface area (Å²) in [5, 5.41) is 0. The van der Waals surface area contributed by atoms with Gasteiger partial charge < -0.3 is 10.6 Å². The average Bonchev–Trinajstić information content (AvgIpc) is 2.46. The third kappa shape index (κ3) is 3.65. The fraction of sp³-hybridized carbons (Fsp3) is 0.929. The molecule has 1 saturated heterocycles. The van der Waals surface area contributed by atoms with Gasteiger partial charge in [-0.1, -0.05) is 0 Å². The molecule has 0 spiro atoms. The summed E-state index contributed by atoms with van der Waals surface area (Å²) in [5.74, 6) is -0.876. The molecule has 1 aliphatic heterocycles. The highest BCUT2D eigenvalue weighted by Gasteiger charge is 2.43. The predicted octanol–water partition coefficient (Wildman–Crippen LogP) is 2.55. The van der Waals surface area contributed by atoms with Crippen LogP contribution in [0.2, 0.25) is 0 Å². The number of rotatable bonds is 2. The molecule has 0 radical (unpaired) electrons. The van der Waals surface area contributed by atoms with Crippen LogP contribution in [0.25, 0.3) is 0 Å². The maximum absolute atomic E-state index is 12.6. The number of carbonyl (C=O) groups is 1. The Hall–Kier alpha value is -0.780. The van der Waals surface area contributed by atoms with Crippen molar-refractivity contribution >= 4 is 5.91 Å². The van der Waals surface area contributed by atoms with E-state index >= 15 is 0 Å². The minimum atomic E-state index is -4.10. The number of carbonyl (C=O) groups excluding carboxylic acids is 1. The van der Waals surface area contributed by atoms with E-state index in [4.69, 9.17) is 5.73 Å². The lowest BCUT2D eigenvalue weighted by atomic mass is 9.80. The number of piperidine rings is 1. The summed E-state index contributed by atoms with van der Waals surface area (Å²) in [6, 6.07) is 0. The van der Waals surface area contributed by atoms with Crippen molar-refractivity contribution in [1.82, 2.24) is 4.90 Å². The summed E-state index contributed by atoms with van der Waals surface area (Å²) in [4.78, 5) is 14.1. The molecule has 116 valence electrons. The van der Waals surface area contributed by atoms with Gasteiger partial charge in [-0.3, -0.25) is 4.79 Å². The molecule has 0 bridgehead atoms. The molecule has 2 fully saturated rings. The Bertz CT molecular complexity index is 330. The number of nitrogens with zero attached hydrogens (tertiary/aromatic N) is 1. The number of hydrogen-bond donors (Lipinski definition) is 1. The van der Waals surface area contributed by atoms with E-state index in [-0.39, 0.29) is 24.7 Å². The van der Waals surface area contributed by atoms with E-state index < -0.39 is 12.1 Å². The van der Waals surface area contributed by atoms with Gasteiger partial charge in [0.05, 0.1) is 5.92 Å². The van der Waals surface area contributed by atoms with E-state index in [9.17, 15) is 18.0 Å². The van der Waals surface area contributed by atoms with Crippen molar-refractivity contribution in [3.63, 3.8) is 0 Å². The lowest BCUT2D eigenvalue weighted by Crippen LogP contribution is -2.44. The van der Waals surface area contributed by atoms with Crippen LogP contribution < -0.4 is 5.73 Å². The molecule has 3 nitrogen and oxygen atoms in total. The van der Waals surface area contributed by atoms with Gasteiger partial charge in [0.1, 0.15) is 0 Å². The Morgan fingerprint density at radius 3 is 2.05 bits per heavy atom. The van der Waals surface area contributed by atoms with Crippen LogP contribution in [0, 0.1) is 17.8 Å². The highest BCUT2D eigenvalue weighted by atomic mass is 19.4. The Morgan fingerprint density at radius 2 is 1.60 bits per heavy atom. The summed E-state index contributed by atoms with van der Waals surface area (Å²) >= 11 is 0. The quantitative estimate of drug-likeness (QED) is 0.850. The topological polar surface area (TPSA) is 46.3 Å². The van der Waals surface area contributed by atoms with Crippen molar-refractivity contribution in [3.05, 3.63) is 0 Å². The van der Waals surface area contributed by atoms with Crippen molar-refractivity contribution in [2.75, 3.05) is 19.6 Å². The standard InChI is InChI=1S/C14H23F3N2O/c15-14(16,17)12-3-1-11(2-4-12)13(20)19-7-5-10(9-18)6-8-19/h10-12H,1-9,18H2. The number of nitrogens with two attached hydrogens (primary N) is 1. The Kier molecular flexibility index (Phi) is 4.94. The number of amides is 1. The molecule has 0 atom stereocenters. The van der Waals surface area contributed by atoms with Gasteiger partial charge in [-0.2, -0.15) is 13.2 Å². The number of hydrogen-bond acceptors (Lipinski definition) is 2. The second kappa shape index (κ2) is 6.33. The second-order valence-electron chi connectivity index (χ2n) is 6.09. The molecule has 1 aliphatic carbocycles. The fourth-order valence-electron chi connectivity index (χ4n) is 3.31. The molecule has 2 aliphatic rings. The highest BCUT2D eigenvalue weighted by Crippen LogP contribution is 2.40. The number of likely N-dealkylation sites (tertiary alicyclic amines) is 1. The van der Waals surface area contributed by atoms with Crippen molar-refractivity contribution in [1.29, 1.82) is 0 Å². The molecular formula is C14H23F3N2O. The summed E-state index contributed by atoms with van der Waals surface area (Å²) in [6.45, 7) is 2.07. The Balaban J connectivity index is 1.80. The Morgan fingerprint density at radius 1 is 1.05 bits per heavy atom. The van der Waals surface area contributed by atoms with Gasteiger partial charge >= 0.3 is 6.18 Å². The summed E-state index contributed by atoms with van der Waals surface area (Å²) < 4.78 is 37.8. The van der Waals surface area contributed by atoms with Crippen LogP contribution >= 0.6 is 0 Å². The van der Waals surface area contributed by atoms with Crippen LogP contribution in [-0.2, 0) is 4.79 Å². The third-order valence-corrected chi connectivity index (χ3v) is 4.80. The van der Waals surface area contributed by atoms with Crippen molar-refractivity contribution in [2.24, 2.45) is 23.5 Å². The first kappa shape index (κ1) is 15.6. The van der Waals surface area contributed by atoms with Gasteiger partial charge in [0.25, 0.3) is 0 Å². The lowest BCUT2D eigenvalue weighted by molar-refractivity contribution is -0.185. The van der Waals surface area contributed by atoms with Crippen LogP contribution in [0.4, 0.5) is 13.2 Å². The minimum absolute atomic E-state index is 0.0566. The van der Waals surface area contributed by atoms with Gasteiger partial charge in [0.2, 0.25) is 5.91 Å². The average molecular weight is 292 g/mol. The lowest BCUT2D eigenvalue weighted by Gasteiger charge is -2.36. The highest BCUT2D eigenvalue weighted by molar-refractivity contribution is 5.79. The molecule has 1 heterocycles. The Labute approximate surface area is 117 Å². The van der Waals surface area contributed by atoms with E-state index in [2.05, 4.69) is 0 Å². The molecular weight excluding hydrogens is 269 g/mol. The van der Waals surface area contributed by atoms with Crippen LogP contribution in [0.5, 0.6) is 0 Å². The van der Waals surface area contributed by atoms with Crippen LogP contribution in [0.1, 0.15) is 38.5 Å². The largest absolute Gasteiger partial charge is 0.391 e. The molecule has 0 aromatic heterocycles. The van der Waals surface area contributed by atoms with Crippen molar-refractivity contribution < 1.29 is 18.0 Å². The molecule has 0 aromatic carbocycles. The van der Waals surface area contributed by atoms with Gasteiger partial charge in [-0.25, -0.2) is 0 Å². The number of alkyl halides is 3. The maximum atomic E-state index is 12.6. The molecule has 6 heteroatoms. The zero-order valence-electron chi connectivity index (χ0n) is 11.7. The number of halogens is 3. The molecule has 1 amide bonds. The zero-order valence-corrected chi connectivity index (χ0v) is 11.7. The van der Waals surface area contributed by atoms with Crippen LogP contribution in [0.3, 0.4) is 0 Å². The predicted molar refractivity (Wildman–Crippen MR) is 69.9 cm³/mol. The monoisotopic (exact) mass is 292 g/mol. The van der Waals surface area contributed by atoms with Crippen molar-refractivity contribution in [2.45, 2.75) is 44.7 Å². The van der Waals surface area contributed by atoms with Gasteiger partial charge in [0, 0.05) is 19.0 Å². The maximum Gasteiger partial charge on any atom is 0.391 e. The van der Waals surface area contributed by atoms with E-state index in [1.165, 1.54) is 0 Å². The molecule has 0 aromatic rings. The normalized spacial score (nSPS) is 29.5. The molecule has 20 heavy (non-hydrogen) atoms. The zero-order chi connectivity index (χ0) is 14.8. The van der Waals surface area contributed by atoms with Crippen LogP contribution in [0.15, 0.2) is 0 Å². The van der Waals surface area contributed by atoms with Gasteiger partial charge in [-0.05, 0) is 51.0 Å². The van der Waals surface area contributed by atoms with Crippen molar-refractivity contribution in [3.8, 4) is 0 Å². The van der Waals surface area contributed by atoms with E-state index in [1.807, 2.05) is 4.90 Å². The van der Waals surface area contributed by atoms with Crippen LogP contribution in [-0.4, -0.2) is 36.6 Å². The summed E-state index contributed by atoms with van der Waals surface area (Å²) in [6.07, 6.45) is -1.33.